The minimum atomic E-state index is -0.0299. The standard InChI is InChI=1S/C19H20N6OS/c1-2-14-8-16-17(23-18(14)26)7-13(10-21-16)11-24-3-5-25(6-4-24)19-22-15(9-20)12-27-19/h7-8,10,12H,2-6,11H2,1H3,(H,23,26). The van der Waals surface area contributed by atoms with E-state index in [1.54, 1.807) is 5.38 Å². The van der Waals surface area contributed by atoms with E-state index in [1.807, 2.05) is 25.3 Å². The van der Waals surface area contributed by atoms with Crippen molar-refractivity contribution in [3.8, 4) is 6.07 Å². The molecule has 7 nitrogen and oxygen atoms in total. The summed E-state index contributed by atoms with van der Waals surface area (Å²) in [6.07, 6.45) is 2.60. The van der Waals surface area contributed by atoms with Gasteiger partial charge in [-0.2, -0.15) is 5.26 Å². The van der Waals surface area contributed by atoms with Crippen LogP contribution in [0.25, 0.3) is 11.0 Å². The molecule has 0 spiro atoms. The van der Waals surface area contributed by atoms with E-state index in [0.29, 0.717) is 12.1 Å². The largest absolute Gasteiger partial charge is 0.345 e. The van der Waals surface area contributed by atoms with Crippen LogP contribution in [0.2, 0.25) is 0 Å². The maximum atomic E-state index is 12.0. The molecule has 8 heteroatoms. The third kappa shape index (κ3) is 3.70. The quantitative estimate of drug-likeness (QED) is 0.746. The molecule has 0 atom stereocenters. The van der Waals surface area contributed by atoms with Gasteiger partial charge in [-0.15, -0.1) is 11.3 Å². The van der Waals surface area contributed by atoms with E-state index >= 15 is 0 Å². The summed E-state index contributed by atoms with van der Waals surface area (Å²) in [5.41, 5.74) is 3.94. The van der Waals surface area contributed by atoms with Crippen LogP contribution in [-0.4, -0.2) is 46.0 Å². The van der Waals surface area contributed by atoms with Crippen LogP contribution in [-0.2, 0) is 13.0 Å². The van der Waals surface area contributed by atoms with Gasteiger partial charge in [0.25, 0.3) is 5.56 Å². The van der Waals surface area contributed by atoms with Crippen LogP contribution in [0.15, 0.2) is 28.5 Å². The summed E-state index contributed by atoms with van der Waals surface area (Å²) in [4.78, 5) is 28.4. The lowest BCUT2D eigenvalue weighted by molar-refractivity contribution is 0.249. The third-order valence-corrected chi connectivity index (χ3v) is 5.76. The highest BCUT2D eigenvalue weighted by atomic mass is 32.1. The highest BCUT2D eigenvalue weighted by molar-refractivity contribution is 7.13. The van der Waals surface area contributed by atoms with Crippen molar-refractivity contribution in [2.45, 2.75) is 19.9 Å². The Bertz CT molecular complexity index is 1060. The first-order valence-corrected chi connectivity index (χ1v) is 9.88. The molecule has 0 aliphatic carbocycles. The predicted molar refractivity (Wildman–Crippen MR) is 106 cm³/mol. The minimum absolute atomic E-state index is 0.0299. The van der Waals surface area contributed by atoms with E-state index in [2.05, 4.69) is 30.8 Å². The van der Waals surface area contributed by atoms with Gasteiger partial charge in [0.2, 0.25) is 0 Å². The van der Waals surface area contributed by atoms with Gasteiger partial charge in [-0.05, 0) is 24.1 Å². The molecule has 0 unspecified atom stereocenters. The Balaban J connectivity index is 1.42. The fourth-order valence-electron chi connectivity index (χ4n) is 3.33. The van der Waals surface area contributed by atoms with Gasteiger partial charge >= 0.3 is 0 Å². The number of aromatic amines is 1. The zero-order valence-electron chi connectivity index (χ0n) is 15.1. The monoisotopic (exact) mass is 380 g/mol. The number of nitrogens with zero attached hydrogens (tertiary/aromatic N) is 5. The third-order valence-electron chi connectivity index (χ3n) is 4.86. The molecule has 0 aromatic carbocycles. The van der Waals surface area contributed by atoms with Crippen molar-refractivity contribution in [1.29, 1.82) is 5.26 Å². The maximum Gasteiger partial charge on any atom is 0.251 e. The molecule has 1 N–H and O–H groups in total. The lowest BCUT2D eigenvalue weighted by atomic mass is 10.1. The summed E-state index contributed by atoms with van der Waals surface area (Å²) in [6, 6.07) is 5.98. The normalized spacial score (nSPS) is 15.2. The van der Waals surface area contributed by atoms with Gasteiger partial charge in [0.1, 0.15) is 6.07 Å². The van der Waals surface area contributed by atoms with E-state index in [4.69, 9.17) is 5.26 Å². The van der Waals surface area contributed by atoms with Gasteiger partial charge in [0.05, 0.1) is 11.0 Å². The van der Waals surface area contributed by atoms with Crippen LogP contribution in [0.3, 0.4) is 0 Å². The van der Waals surface area contributed by atoms with E-state index in [9.17, 15) is 4.79 Å². The average molecular weight is 380 g/mol. The molecule has 0 saturated carbocycles. The summed E-state index contributed by atoms with van der Waals surface area (Å²) in [5, 5.41) is 11.6. The Morgan fingerprint density at radius 1 is 1.30 bits per heavy atom. The predicted octanol–water partition coefficient (Wildman–Crippen LogP) is 2.14. The van der Waals surface area contributed by atoms with Crippen molar-refractivity contribution in [3.05, 3.63) is 50.9 Å². The number of nitriles is 1. The molecule has 3 aromatic rings. The van der Waals surface area contributed by atoms with E-state index in [-0.39, 0.29) is 5.56 Å². The molecule has 27 heavy (non-hydrogen) atoms. The number of piperazine rings is 1. The summed E-state index contributed by atoms with van der Waals surface area (Å²) in [7, 11) is 0. The summed E-state index contributed by atoms with van der Waals surface area (Å²) < 4.78 is 0. The van der Waals surface area contributed by atoms with Gasteiger partial charge < -0.3 is 9.88 Å². The first-order chi connectivity index (χ1) is 13.2. The van der Waals surface area contributed by atoms with Crippen molar-refractivity contribution in [3.63, 3.8) is 0 Å². The van der Waals surface area contributed by atoms with Crippen LogP contribution in [0, 0.1) is 11.3 Å². The van der Waals surface area contributed by atoms with Crippen molar-refractivity contribution in [2.24, 2.45) is 0 Å². The second-order valence-corrected chi connectivity index (χ2v) is 7.48. The molecule has 1 aliphatic rings. The number of hydrogen-bond acceptors (Lipinski definition) is 7. The van der Waals surface area contributed by atoms with Gasteiger partial charge in [-0.1, -0.05) is 6.92 Å². The Morgan fingerprint density at radius 3 is 2.81 bits per heavy atom. The lowest BCUT2D eigenvalue weighted by Gasteiger charge is -2.34. The minimum Gasteiger partial charge on any atom is -0.345 e. The molecule has 1 aliphatic heterocycles. The van der Waals surface area contributed by atoms with E-state index < -0.39 is 0 Å². The van der Waals surface area contributed by atoms with Gasteiger partial charge in [0, 0.05) is 49.9 Å². The van der Waals surface area contributed by atoms with E-state index in [1.165, 1.54) is 11.3 Å². The summed E-state index contributed by atoms with van der Waals surface area (Å²) >= 11 is 1.52. The number of anilines is 1. The van der Waals surface area contributed by atoms with Crippen LogP contribution in [0.5, 0.6) is 0 Å². The Kier molecular flexibility index (Phi) is 4.88. The van der Waals surface area contributed by atoms with Crippen LogP contribution in [0.1, 0.15) is 23.7 Å². The average Bonchev–Trinajstić information content (AvgIpc) is 3.17. The van der Waals surface area contributed by atoms with Gasteiger partial charge in [0.15, 0.2) is 10.8 Å². The Hall–Kier alpha value is -2.76. The number of pyridine rings is 2. The number of H-pyrrole nitrogens is 1. The zero-order valence-corrected chi connectivity index (χ0v) is 15.9. The SMILES string of the molecule is CCc1cc2ncc(CN3CCN(c4nc(C#N)cs4)CC3)cc2[nH]c1=O. The Morgan fingerprint density at radius 2 is 2.11 bits per heavy atom. The molecule has 0 radical (unpaired) electrons. The summed E-state index contributed by atoms with van der Waals surface area (Å²) in [6.45, 7) is 6.38. The number of thiazole rings is 1. The van der Waals surface area contributed by atoms with Crippen molar-refractivity contribution in [2.75, 3.05) is 31.1 Å². The second-order valence-electron chi connectivity index (χ2n) is 6.64. The first-order valence-electron chi connectivity index (χ1n) is 9.00. The van der Waals surface area contributed by atoms with Crippen molar-refractivity contribution >= 4 is 27.5 Å². The topological polar surface area (TPSA) is 88.9 Å². The highest BCUT2D eigenvalue weighted by Crippen LogP contribution is 2.22. The molecular weight excluding hydrogens is 360 g/mol. The number of fused-ring (bicyclic) bond motifs is 1. The second kappa shape index (κ2) is 7.47. The maximum absolute atomic E-state index is 12.0. The number of nitrogens with one attached hydrogen (secondary N) is 1. The van der Waals surface area contributed by atoms with Crippen molar-refractivity contribution < 1.29 is 0 Å². The van der Waals surface area contributed by atoms with Gasteiger partial charge in [-0.3, -0.25) is 14.7 Å². The number of aryl methyl sites for hydroxylation is 1. The molecular formula is C19H20N6OS. The van der Waals surface area contributed by atoms with E-state index in [0.717, 1.165) is 60.0 Å². The van der Waals surface area contributed by atoms with Crippen molar-refractivity contribution in [1.82, 2.24) is 19.9 Å². The number of hydrogen-bond donors (Lipinski definition) is 1. The summed E-state index contributed by atoms with van der Waals surface area (Å²) in [5.74, 6) is 0. The smallest absolute Gasteiger partial charge is 0.251 e. The molecule has 3 aromatic heterocycles. The van der Waals surface area contributed by atoms with Crippen LogP contribution in [0.4, 0.5) is 5.13 Å². The van der Waals surface area contributed by atoms with Crippen LogP contribution < -0.4 is 10.5 Å². The lowest BCUT2D eigenvalue weighted by Crippen LogP contribution is -2.45. The molecule has 4 rings (SSSR count). The number of aromatic nitrogens is 3. The molecule has 0 bridgehead atoms. The molecule has 0 amide bonds. The Labute approximate surface area is 160 Å². The fourth-order valence-corrected chi connectivity index (χ4v) is 4.14. The molecule has 1 fully saturated rings. The fraction of sp³-hybridized carbons (Fsp3) is 0.368. The zero-order chi connectivity index (χ0) is 18.8. The molecule has 4 heterocycles. The molecule has 138 valence electrons. The first kappa shape index (κ1) is 17.6. The van der Waals surface area contributed by atoms with Crippen LogP contribution >= 0.6 is 11.3 Å². The number of rotatable bonds is 4. The highest BCUT2D eigenvalue weighted by Gasteiger charge is 2.19. The van der Waals surface area contributed by atoms with Gasteiger partial charge in [-0.25, -0.2) is 4.98 Å². The molecule has 1 saturated heterocycles.